The van der Waals surface area contributed by atoms with Crippen LogP contribution in [0.25, 0.3) is 11.1 Å². The van der Waals surface area contributed by atoms with E-state index in [1.165, 1.54) is 13.2 Å². The molecule has 3 aromatic rings. The third kappa shape index (κ3) is 4.56. The Bertz CT molecular complexity index is 1090. The summed E-state index contributed by atoms with van der Waals surface area (Å²) in [5.41, 5.74) is 2.27. The predicted octanol–water partition coefficient (Wildman–Crippen LogP) is 2.96. The lowest BCUT2D eigenvalue weighted by Gasteiger charge is -2.33. The molecule has 0 aliphatic carbocycles. The molecule has 0 saturated carbocycles. The number of carbonyl (C=O) groups excluding carboxylic acids is 1. The Morgan fingerprint density at radius 1 is 1.34 bits per heavy atom. The van der Waals surface area contributed by atoms with Crippen LogP contribution in [-0.2, 0) is 11.3 Å². The van der Waals surface area contributed by atoms with Crippen LogP contribution in [0.4, 0.5) is 10.3 Å². The number of carbonyl (C=O) groups is 1. The van der Waals surface area contributed by atoms with Gasteiger partial charge in [0.1, 0.15) is 6.54 Å². The van der Waals surface area contributed by atoms with Crippen molar-refractivity contribution in [1.82, 2.24) is 24.6 Å². The largest absolute Gasteiger partial charge is 0.494 e. The number of hydrogen-bond donors (Lipinski definition) is 0. The minimum Gasteiger partial charge on any atom is -0.494 e. The van der Waals surface area contributed by atoms with Crippen molar-refractivity contribution in [3.05, 3.63) is 54.4 Å². The maximum atomic E-state index is 14.4. The minimum atomic E-state index is -0.438. The molecule has 168 valence electrons. The molecule has 0 radical (unpaired) electrons. The van der Waals surface area contributed by atoms with E-state index in [0.717, 1.165) is 24.1 Å². The summed E-state index contributed by atoms with van der Waals surface area (Å²) in [6.07, 6.45) is 6.94. The van der Waals surface area contributed by atoms with E-state index in [4.69, 9.17) is 9.72 Å². The van der Waals surface area contributed by atoms with Gasteiger partial charge in [0, 0.05) is 57.3 Å². The Morgan fingerprint density at radius 3 is 2.88 bits per heavy atom. The van der Waals surface area contributed by atoms with Gasteiger partial charge in [0.05, 0.1) is 12.8 Å². The van der Waals surface area contributed by atoms with Crippen LogP contribution in [0.2, 0.25) is 0 Å². The van der Waals surface area contributed by atoms with Crippen LogP contribution < -0.4 is 9.64 Å². The SMILES string of the molecule is COc1ccc(-c2cnc(N(C)C)nc2C2CCCN(C(=O)Cn3cccn3)C2)cc1F. The zero-order chi connectivity index (χ0) is 22.7. The molecule has 1 aliphatic heterocycles. The van der Waals surface area contributed by atoms with Gasteiger partial charge < -0.3 is 14.5 Å². The Kier molecular flexibility index (Phi) is 6.34. The highest BCUT2D eigenvalue weighted by molar-refractivity contribution is 5.76. The number of nitrogens with zero attached hydrogens (tertiary/aromatic N) is 6. The van der Waals surface area contributed by atoms with Crippen LogP contribution in [0.1, 0.15) is 24.5 Å². The molecule has 1 aromatic carbocycles. The van der Waals surface area contributed by atoms with E-state index in [0.29, 0.717) is 24.6 Å². The summed E-state index contributed by atoms with van der Waals surface area (Å²) in [5.74, 6) is 0.378. The predicted molar refractivity (Wildman–Crippen MR) is 119 cm³/mol. The number of ether oxygens (including phenoxy) is 1. The van der Waals surface area contributed by atoms with Crippen molar-refractivity contribution in [2.24, 2.45) is 0 Å². The van der Waals surface area contributed by atoms with Gasteiger partial charge >= 0.3 is 0 Å². The number of anilines is 1. The number of hydrogen-bond acceptors (Lipinski definition) is 6. The zero-order valence-electron chi connectivity index (χ0n) is 18.5. The first-order valence-corrected chi connectivity index (χ1v) is 10.6. The van der Waals surface area contributed by atoms with Crippen molar-refractivity contribution in [3.63, 3.8) is 0 Å². The van der Waals surface area contributed by atoms with Crippen molar-refractivity contribution >= 4 is 11.9 Å². The monoisotopic (exact) mass is 438 g/mol. The molecule has 8 nitrogen and oxygen atoms in total. The van der Waals surface area contributed by atoms with Gasteiger partial charge in [-0.2, -0.15) is 5.10 Å². The van der Waals surface area contributed by atoms with E-state index in [9.17, 15) is 9.18 Å². The fraction of sp³-hybridized carbons (Fsp3) is 0.391. The molecule has 2 aromatic heterocycles. The quantitative estimate of drug-likeness (QED) is 0.589. The van der Waals surface area contributed by atoms with Crippen LogP contribution in [0.3, 0.4) is 0 Å². The second kappa shape index (κ2) is 9.33. The van der Waals surface area contributed by atoms with Crippen LogP contribution >= 0.6 is 0 Å². The Hall–Kier alpha value is -3.49. The van der Waals surface area contributed by atoms with E-state index >= 15 is 0 Å². The van der Waals surface area contributed by atoms with Gasteiger partial charge in [0.2, 0.25) is 11.9 Å². The number of rotatable bonds is 6. The highest BCUT2D eigenvalue weighted by atomic mass is 19.1. The maximum Gasteiger partial charge on any atom is 0.244 e. The standard InChI is InChI=1S/C23H27FN6O2/c1-28(2)23-25-13-18(16-7-8-20(32-3)19(24)12-16)22(27-23)17-6-4-10-29(14-17)21(31)15-30-11-5-9-26-30/h5,7-9,11-13,17H,4,6,10,14-15H2,1-3H3. The van der Waals surface area contributed by atoms with Crippen molar-refractivity contribution < 1.29 is 13.9 Å². The lowest BCUT2D eigenvalue weighted by Crippen LogP contribution is -2.41. The lowest BCUT2D eigenvalue weighted by atomic mass is 9.89. The first-order valence-electron chi connectivity index (χ1n) is 10.6. The summed E-state index contributed by atoms with van der Waals surface area (Å²) in [6.45, 7) is 1.47. The Balaban J connectivity index is 1.65. The summed E-state index contributed by atoms with van der Waals surface area (Å²) in [4.78, 5) is 25.8. The summed E-state index contributed by atoms with van der Waals surface area (Å²) >= 11 is 0. The molecule has 1 aliphatic rings. The van der Waals surface area contributed by atoms with E-state index in [1.807, 2.05) is 30.0 Å². The van der Waals surface area contributed by atoms with Gasteiger partial charge in [-0.25, -0.2) is 14.4 Å². The third-order valence-electron chi connectivity index (χ3n) is 5.69. The van der Waals surface area contributed by atoms with Crippen LogP contribution in [0.15, 0.2) is 42.9 Å². The molecule has 32 heavy (non-hydrogen) atoms. The van der Waals surface area contributed by atoms with Gasteiger partial charge in [-0.05, 0) is 36.6 Å². The highest BCUT2D eigenvalue weighted by Gasteiger charge is 2.28. The summed E-state index contributed by atoms with van der Waals surface area (Å²) < 4.78 is 21.1. The second-order valence-corrected chi connectivity index (χ2v) is 8.10. The molecule has 4 rings (SSSR count). The fourth-order valence-corrected chi connectivity index (χ4v) is 4.03. The van der Waals surface area contributed by atoms with E-state index < -0.39 is 5.82 Å². The minimum absolute atomic E-state index is 0.0205. The van der Waals surface area contributed by atoms with Crippen LogP contribution in [-0.4, -0.2) is 64.9 Å². The maximum absolute atomic E-state index is 14.4. The first-order chi connectivity index (χ1) is 15.5. The van der Waals surface area contributed by atoms with Crippen molar-refractivity contribution in [2.45, 2.75) is 25.3 Å². The van der Waals surface area contributed by atoms with Crippen LogP contribution in [0.5, 0.6) is 5.75 Å². The third-order valence-corrected chi connectivity index (χ3v) is 5.69. The van der Waals surface area contributed by atoms with E-state index in [2.05, 4.69) is 10.1 Å². The van der Waals surface area contributed by atoms with Crippen LogP contribution in [0, 0.1) is 5.82 Å². The molecule has 1 atom stereocenters. The molecule has 1 fully saturated rings. The van der Waals surface area contributed by atoms with E-state index in [-0.39, 0.29) is 24.1 Å². The van der Waals surface area contributed by atoms with Gasteiger partial charge in [0.15, 0.2) is 11.6 Å². The normalized spacial score (nSPS) is 16.1. The molecule has 1 saturated heterocycles. The number of halogens is 1. The summed E-state index contributed by atoms with van der Waals surface area (Å²) in [7, 11) is 5.20. The molecular weight excluding hydrogens is 411 g/mol. The van der Waals surface area contributed by atoms with E-state index in [1.54, 1.807) is 35.4 Å². The molecule has 0 bridgehead atoms. The fourth-order valence-electron chi connectivity index (χ4n) is 4.03. The number of likely N-dealkylation sites (tertiary alicyclic amines) is 1. The molecule has 1 amide bonds. The number of amides is 1. The molecule has 1 unspecified atom stereocenters. The zero-order valence-corrected chi connectivity index (χ0v) is 18.5. The topological polar surface area (TPSA) is 76.4 Å². The first kappa shape index (κ1) is 21.7. The number of benzene rings is 1. The molecule has 0 spiro atoms. The van der Waals surface area contributed by atoms with Crippen molar-refractivity contribution in [3.8, 4) is 16.9 Å². The van der Waals surface area contributed by atoms with Crippen molar-refractivity contribution in [1.29, 1.82) is 0 Å². The van der Waals surface area contributed by atoms with Gasteiger partial charge in [-0.3, -0.25) is 9.48 Å². The second-order valence-electron chi connectivity index (χ2n) is 8.10. The van der Waals surface area contributed by atoms with Gasteiger partial charge in [-0.1, -0.05) is 6.07 Å². The number of methoxy groups -OCH3 is 1. The molecular formula is C23H27FN6O2. The summed E-state index contributed by atoms with van der Waals surface area (Å²) in [6, 6.07) is 6.66. The lowest BCUT2D eigenvalue weighted by molar-refractivity contribution is -0.133. The Labute approximate surface area is 186 Å². The van der Waals surface area contributed by atoms with Gasteiger partial charge in [-0.15, -0.1) is 0 Å². The highest BCUT2D eigenvalue weighted by Crippen LogP contribution is 2.35. The van der Waals surface area contributed by atoms with Crippen molar-refractivity contribution in [2.75, 3.05) is 39.2 Å². The molecule has 3 heterocycles. The average Bonchev–Trinajstić information content (AvgIpc) is 3.31. The average molecular weight is 439 g/mol. The van der Waals surface area contributed by atoms with Gasteiger partial charge in [0.25, 0.3) is 0 Å². The molecule has 9 heteroatoms. The number of piperidine rings is 1. The summed E-state index contributed by atoms with van der Waals surface area (Å²) in [5, 5.41) is 4.13. The Morgan fingerprint density at radius 2 is 2.19 bits per heavy atom. The number of aromatic nitrogens is 4. The molecule has 0 N–H and O–H groups in total. The smallest absolute Gasteiger partial charge is 0.244 e.